The molecule has 35 heavy (non-hydrogen) atoms. The van der Waals surface area contributed by atoms with E-state index in [-0.39, 0.29) is 6.03 Å². The molecule has 0 spiro atoms. The fraction of sp³-hybridized carbons (Fsp3) is 0.261. The molecular formula is C23H23ClN10O. The Kier molecular flexibility index (Phi) is 4.55. The number of carbonyl (C=O) groups is 1. The number of anilines is 2. The van der Waals surface area contributed by atoms with Gasteiger partial charge in [-0.3, -0.25) is 4.68 Å². The SMILES string of the molecule is Cn1cc(NC(=O)N2Cc3c(-c4[nH]c5ncccc5c4Cl)c4c(N)ncnc4n3C(C)(C)C2)cn1. The molecule has 0 bridgehead atoms. The molecule has 178 valence electrons. The number of nitrogens with one attached hydrogen (secondary N) is 2. The molecule has 1 aliphatic rings. The summed E-state index contributed by atoms with van der Waals surface area (Å²) in [7, 11) is 1.80. The second-order valence-electron chi connectivity index (χ2n) is 9.33. The van der Waals surface area contributed by atoms with Gasteiger partial charge in [0.15, 0.2) is 0 Å². The number of H-pyrrole nitrogens is 1. The van der Waals surface area contributed by atoms with Gasteiger partial charge in [-0.05, 0) is 26.0 Å². The van der Waals surface area contributed by atoms with E-state index in [1.54, 1.807) is 35.2 Å². The number of rotatable bonds is 2. The number of carbonyl (C=O) groups excluding carboxylic acids is 1. The number of aromatic amines is 1. The summed E-state index contributed by atoms with van der Waals surface area (Å²) in [6.07, 6.45) is 6.53. The van der Waals surface area contributed by atoms with Gasteiger partial charge in [0.05, 0.1) is 40.1 Å². The molecule has 5 aromatic rings. The Hall–Kier alpha value is -4.12. The molecule has 11 nitrogen and oxygen atoms in total. The molecule has 2 amide bonds. The minimum atomic E-state index is -0.492. The number of hydrogen-bond acceptors (Lipinski definition) is 6. The summed E-state index contributed by atoms with van der Waals surface area (Å²) < 4.78 is 3.78. The summed E-state index contributed by atoms with van der Waals surface area (Å²) in [5.41, 5.74) is 10.2. The minimum Gasteiger partial charge on any atom is -0.383 e. The fourth-order valence-corrected chi connectivity index (χ4v) is 5.32. The molecule has 4 N–H and O–H groups in total. The average molecular weight is 491 g/mol. The molecule has 0 fully saturated rings. The van der Waals surface area contributed by atoms with Crippen LogP contribution in [0.5, 0.6) is 0 Å². The lowest BCUT2D eigenvalue weighted by Crippen LogP contribution is -2.50. The second-order valence-corrected chi connectivity index (χ2v) is 9.71. The number of nitrogen functional groups attached to an aromatic ring is 1. The quantitative estimate of drug-likeness (QED) is 0.345. The van der Waals surface area contributed by atoms with Gasteiger partial charge in [0.1, 0.15) is 23.4 Å². The van der Waals surface area contributed by atoms with Gasteiger partial charge < -0.3 is 25.5 Å². The number of aryl methyl sites for hydroxylation is 1. The van der Waals surface area contributed by atoms with Crippen LogP contribution in [-0.4, -0.2) is 51.8 Å². The molecule has 6 heterocycles. The molecule has 6 rings (SSSR count). The highest BCUT2D eigenvalue weighted by Gasteiger charge is 2.39. The number of nitrogens with two attached hydrogens (primary N) is 1. The van der Waals surface area contributed by atoms with Crippen LogP contribution in [0.25, 0.3) is 33.3 Å². The Morgan fingerprint density at radius 2 is 2.11 bits per heavy atom. The number of nitrogens with zero attached hydrogens (tertiary/aromatic N) is 7. The molecule has 5 aromatic heterocycles. The molecular weight excluding hydrogens is 468 g/mol. The Morgan fingerprint density at radius 1 is 1.29 bits per heavy atom. The maximum atomic E-state index is 13.3. The van der Waals surface area contributed by atoms with Crippen LogP contribution in [0, 0.1) is 0 Å². The molecule has 0 aliphatic carbocycles. The first-order valence-electron chi connectivity index (χ1n) is 11.1. The van der Waals surface area contributed by atoms with Crippen molar-refractivity contribution < 1.29 is 4.79 Å². The van der Waals surface area contributed by atoms with Gasteiger partial charge in [0.25, 0.3) is 0 Å². The van der Waals surface area contributed by atoms with Crippen LogP contribution in [0.15, 0.2) is 37.1 Å². The van der Waals surface area contributed by atoms with Crippen LogP contribution in [0.4, 0.5) is 16.3 Å². The van der Waals surface area contributed by atoms with Gasteiger partial charge in [-0.25, -0.2) is 19.7 Å². The largest absolute Gasteiger partial charge is 0.383 e. The first-order chi connectivity index (χ1) is 16.7. The Bertz CT molecular complexity index is 1630. The van der Waals surface area contributed by atoms with Gasteiger partial charge in [-0.15, -0.1) is 0 Å². The summed E-state index contributed by atoms with van der Waals surface area (Å²) >= 11 is 6.86. The maximum Gasteiger partial charge on any atom is 0.322 e. The van der Waals surface area contributed by atoms with Gasteiger partial charge >= 0.3 is 6.03 Å². The first-order valence-corrected chi connectivity index (χ1v) is 11.4. The Morgan fingerprint density at radius 3 is 2.86 bits per heavy atom. The van der Waals surface area contributed by atoms with E-state index < -0.39 is 5.54 Å². The van der Waals surface area contributed by atoms with E-state index in [2.05, 4.69) is 48.8 Å². The number of pyridine rings is 1. The first kappa shape index (κ1) is 21.4. The Labute approximate surface area is 204 Å². The molecule has 0 atom stereocenters. The highest BCUT2D eigenvalue weighted by molar-refractivity contribution is 6.38. The normalized spacial score (nSPS) is 15.0. The van der Waals surface area contributed by atoms with E-state index in [0.717, 1.165) is 16.6 Å². The minimum absolute atomic E-state index is 0.225. The van der Waals surface area contributed by atoms with Crippen molar-refractivity contribution in [3.05, 3.63) is 47.8 Å². The molecule has 0 saturated carbocycles. The summed E-state index contributed by atoms with van der Waals surface area (Å²) in [6, 6.07) is 3.52. The molecule has 0 saturated heterocycles. The number of hydrogen-bond donors (Lipinski definition) is 3. The van der Waals surface area contributed by atoms with E-state index in [1.165, 1.54) is 6.33 Å². The van der Waals surface area contributed by atoms with Crippen molar-refractivity contribution in [2.75, 3.05) is 17.6 Å². The smallest absolute Gasteiger partial charge is 0.322 e. The summed E-state index contributed by atoms with van der Waals surface area (Å²) in [4.78, 5) is 31.7. The zero-order valence-corrected chi connectivity index (χ0v) is 20.1. The van der Waals surface area contributed by atoms with E-state index in [9.17, 15) is 4.79 Å². The maximum absolute atomic E-state index is 13.3. The number of amides is 2. The number of aromatic nitrogens is 7. The van der Waals surface area contributed by atoms with E-state index >= 15 is 0 Å². The van der Waals surface area contributed by atoms with Crippen LogP contribution < -0.4 is 11.1 Å². The summed E-state index contributed by atoms with van der Waals surface area (Å²) in [5, 5.41) is 9.09. The number of urea groups is 1. The van der Waals surface area contributed by atoms with Crippen molar-refractivity contribution in [1.29, 1.82) is 0 Å². The number of halogens is 1. The molecule has 0 aromatic carbocycles. The third-order valence-electron chi connectivity index (χ3n) is 6.40. The van der Waals surface area contributed by atoms with Crippen molar-refractivity contribution in [2.45, 2.75) is 25.9 Å². The third-order valence-corrected chi connectivity index (χ3v) is 6.79. The highest BCUT2D eigenvalue weighted by Crippen LogP contribution is 2.45. The predicted octanol–water partition coefficient (Wildman–Crippen LogP) is 3.73. The van der Waals surface area contributed by atoms with Crippen LogP contribution in [0.2, 0.25) is 5.02 Å². The van der Waals surface area contributed by atoms with Gasteiger partial charge in [-0.2, -0.15) is 5.10 Å². The van der Waals surface area contributed by atoms with Crippen molar-refractivity contribution in [2.24, 2.45) is 7.05 Å². The predicted molar refractivity (Wildman–Crippen MR) is 134 cm³/mol. The molecule has 1 aliphatic heterocycles. The summed E-state index contributed by atoms with van der Waals surface area (Å²) in [6.45, 7) is 4.91. The number of fused-ring (bicyclic) bond motifs is 4. The zero-order chi connectivity index (χ0) is 24.5. The topological polar surface area (TPSA) is 136 Å². The standard InChI is InChI=1S/C23H23ClN10O/c1-23(2)10-33(22(35)30-12-7-29-32(3)8-12)9-14-15(16-19(25)27-11-28-21(16)34(14)23)18-17(24)13-5-4-6-26-20(13)31-18/h4-8,11H,9-10H2,1-3H3,(H,26,31)(H,30,35)(H2,25,27,28). The van der Waals surface area contributed by atoms with Crippen LogP contribution in [-0.2, 0) is 19.1 Å². The third kappa shape index (κ3) is 3.22. The van der Waals surface area contributed by atoms with Gasteiger partial charge in [0.2, 0.25) is 0 Å². The zero-order valence-electron chi connectivity index (χ0n) is 19.4. The monoisotopic (exact) mass is 490 g/mol. The van der Waals surface area contributed by atoms with Crippen molar-refractivity contribution in [1.82, 2.24) is 39.2 Å². The van der Waals surface area contributed by atoms with E-state index in [1.807, 2.05) is 12.1 Å². The Balaban J connectivity index is 1.56. The van der Waals surface area contributed by atoms with Crippen LogP contribution in [0.1, 0.15) is 19.5 Å². The summed E-state index contributed by atoms with van der Waals surface area (Å²) in [5.74, 6) is 0.344. The van der Waals surface area contributed by atoms with Crippen LogP contribution in [0.3, 0.4) is 0 Å². The van der Waals surface area contributed by atoms with Gasteiger partial charge in [0, 0.05) is 42.6 Å². The molecule has 12 heteroatoms. The lowest BCUT2D eigenvalue weighted by atomic mass is 9.99. The lowest BCUT2D eigenvalue weighted by Gasteiger charge is -2.40. The molecule has 0 unspecified atom stereocenters. The second kappa shape index (κ2) is 7.44. The molecule has 0 radical (unpaired) electrons. The highest BCUT2D eigenvalue weighted by atomic mass is 35.5. The van der Waals surface area contributed by atoms with Crippen molar-refractivity contribution >= 4 is 51.2 Å². The fourth-order valence-electron chi connectivity index (χ4n) is 5.02. The van der Waals surface area contributed by atoms with Crippen LogP contribution >= 0.6 is 11.6 Å². The van der Waals surface area contributed by atoms with Crippen molar-refractivity contribution in [3.8, 4) is 11.3 Å². The van der Waals surface area contributed by atoms with E-state index in [4.69, 9.17) is 17.3 Å². The lowest BCUT2D eigenvalue weighted by molar-refractivity contribution is 0.153. The van der Waals surface area contributed by atoms with Crippen molar-refractivity contribution in [3.63, 3.8) is 0 Å². The van der Waals surface area contributed by atoms with Gasteiger partial charge in [-0.1, -0.05) is 11.6 Å². The van der Waals surface area contributed by atoms with E-state index in [0.29, 0.717) is 52.0 Å². The average Bonchev–Trinajstić information content (AvgIpc) is 3.48.